The van der Waals surface area contributed by atoms with E-state index in [9.17, 15) is 9.59 Å². The molecule has 1 fully saturated rings. The normalized spacial score (nSPS) is 21.3. The van der Waals surface area contributed by atoms with Gasteiger partial charge < -0.3 is 20.1 Å². The van der Waals surface area contributed by atoms with Gasteiger partial charge in [0, 0.05) is 19.7 Å². The Hall–Kier alpha value is -1.89. The van der Waals surface area contributed by atoms with Gasteiger partial charge in [-0.05, 0) is 26.3 Å². The van der Waals surface area contributed by atoms with Gasteiger partial charge in [-0.15, -0.1) is 0 Å². The molecule has 2 N–H and O–H groups in total. The number of likely N-dealkylation sites (N-methyl/N-ethyl adjacent to an activating group) is 1. The molecule has 0 aliphatic carbocycles. The summed E-state index contributed by atoms with van der Waals surface area (Å²) in [6.45, 7) is 5.29. The predicted octanol–water partition coefficient (Wildman–Crippen LogP) is 0.770. The van der Waals surface area contributed by atoms with Gasteiger partial charge >= 0.3 is 0 Å². The lowest BCUT2D eigenvalue weighted by molar-refractivity contribution is -0.142. The average molecular weight is 294 g/mol. The van der Waals surface area contributed by atoms with E-state index in [2.05, 4.69) is 15.8 Å². The molecule has 116 valence electrons. The number of aryl methyl sites for hydroxylation is 1. The quantitative estimate of drug-likeness (QED) is 0.837. The fourth-order valence-electron chi connectivity index (χ4n) is 2.68. The van der Waals surface area contributed by atoms with Crippen molar-refractivity contribution in [3.63, 3.8) is 0 Å². The van der Waals surface area contributed by atoms with Gasteiger partial charge in [0.25, 0.3) is 0 Å². The van der Waals surface area contributed by atoms with Crippen molar-refractivity contribution in [2.45, 2.75) is 26.7 Å². The molecule has 0 radical (unpaired) electrons. The van der Waals surface area contributed by atoms with E-state index in [0.717, 1.165) is 19.4 Å². The Morgan fingerprint density at radius 2 is 2.33 bits per heavy atom. The van der Waals surface area contributed by atoms with Crippen molar-refractivity contribution in [2.24, 2.45) is 5.41 Å². The molecule has 1 unspecified atom stereocenters. The molecular formula is C14H22N4O3. The standard InChI is InChI=1S/C14H22N4O3/c1-4-14(5-6-15-9-14)13(20)18(3)8-12(19)16-11-7-10(2)21-17-11/h7,15H,4-6,8-9H2,1-3H3,(H,16,17,19). The highest BCUT2D eigenvalue weighted by molar-refractivity contribution is 5.94. The number of nitrogens with one attached hydrogen (secondary N) is 2. The van der Waals surface area contributed by atoms with Crippen LogP contribution < -0.4 is 10.6 Å². The van der Waals surface area contributed by atoms with Gasteiger partial charge in [-0.1, -0.05) is 12.1 Å². The molecular weight excluding hydrogens is 272 g/mol. The minimum Gasteiger partial charge on any atom is -0.360 e. The summed E-state index contributed by atoms with van der Waals surface area (Å²) in [4.78, 5) is 26.0. The van der Waals surface area contributed by atoms with Crippen LogP contribution in [0.5, 0.6) is 0 Å². The van der Waals surface area contributed by atoms with E-state index in [-0.39, 0.29) is 23.8 Å². The van der Waals surface area contributed by atoms with Crippen molar-refractivity contribution in [1.82, 2.24) is 15.4 Å². The number of hydrogen-bond acceptors (Lipinski definition) is 5. The molecule has 1 aromatic heterocycles. The number of anilines is 1. The summed E-state index contributed by atoms with van der Waals surface area (Å²) in [5, 5.41) is 9.54. The third kappa shape index (κ3) is 3.41. The minimum absolute atomic E-state index is 0.00644. The van der Waals surface area contributed by atoms with Crippen LogP contribution >= 0.6 is 0 Å². The maximum absolute atomic E-state index is 12.6. The Morgan fingerprint density at radius 1 is 1.57 bits per heavy atom. The number of carbonyl (C=O) groups excluding carboxylic acids is 2. The van der Waals surface area contributed by atoms with Crippen LogP contribution in [-0.4, -0.2) is 48.6 Å². The first kappa shape index (κ1) is 15.5. The number of aromatic nitrogens is 1. The SMILES string of the molecule is CCC1(C(=O)N(C)CC(=O)Nc2cc(C)on2)CCNC1. The van der Waals surface area contributed by atoms with E-state index in [1.54, 1.807) is 20.0 Å². The number of hydrogen-bond donors (Lipinski definition) is 2. The fraction of sp³-hybridized carbons (Fsp3) is 0.643. The number of nitrogens with zero attached hydrogens (tertiary/aromatic N) is 2. The highest BCUT2D eigenvalue weighted by atomic mass is 16.5. The van der Waals surface area contributed by atoms with Crippen LogP contribution in [0.25, 0.3) is 0 Å². The maximum atomic E-state index is 12.6. The molecule has 1 aliphatic heterocycles. The zero-order valence-corrected chi connectivity index (χ0v) is 12.7. The topological polar surface area (TPSA) is 87.5 Å². The van der Waals surface area contributed by atoms with Crippen molar-refractivity contribution >= 4 is 17.6 Å². The highest BCUT2D eigenvalue weighted by Gasteiger charge is 2.41. The van der Waals surface area contributed by atoms with Crippen molar-refractivity contribution in [3.8, 4) is 0 Å². The lowest BCUT2D eigenvalue weighted by Gasteiger charge is -2.30. The van der Waals surface area contributed by atoms with Gasteiger partial charge in [-0.3, -0.25) is 9.59 Å². The molecule has 0 spiro atoms. The largest absolute Gasteiger partial charge is 0.360 e. The Balaban J connectivity index is 1.92. The van der Waals surface area contributed by atoms with Crippen LogP contribution in [0.15, 0.2) is 10.6 Å². The first-order valence-corrected chi connectivity index (χ1v) is 7.16. The predicted molar refractivity (Wildman–Crippen MR) is 77.7 cm³/mol. The summed E-state index contributed by atoms with van der Waals surface area (Å²) in [6.07, 6.45) is 1.59. The molecule has 0 bridgehead atoms. The molecule has 1 saturated heterocycles. The second kappa shape index (κ2) is 6.26. The summed E-state index contributed by atoms with van der Waals surface area (Å²) in [6, 6.07) is 1.63. The molecule has 2 rings (SSSR count). The second-order valence-electron chi connectivity index (χ2n) is 5.59. The summed E-state index contributed by atoms with van der Waals surface area (Å²) in [7, 11) is 1.66. The molecule has 0 aromatic carbocycles. The third-order valence-corrected chi connectivity index (χ3v) is 4.00. The number of amides is 2. The number of carbonyl (C=O) groups is 2. The molecule has 21 heavy (non-hydrogen) atoms. The van der Waals surface area contributed by atoms with Crippen LogP contribution in [0.1, 0.15) is 25.5 Å². The van der Waals surface area contributed by atoms with Crippen LogP contribution in [0.4, 0.5) is 5.82 Å². The highest BCUT2D eigenvalue weighted by Crippen LogP contribution is 2.31. The van der Waals surface area contributed by atoms with Gasteiger partial charge in [0.1, 0.15) is 5.76 Å². The van der Waals surface area contributed by atoms with Crippen molar-refractivity contribution in [3.05, 3.63) is 11.8 Å². The Morgan fingerprint density at radius 3 is 2.86 bits per heavy atom. The van der Waals surface area contributed by atoms with Gasteiger partial charge in [-0.2, -0.15) is 0 Å². The third-order valence-electron chi connectivity index (χ3n) is 4.00. The molecule has 7 nitrogen and oxygen atoms in total. The molecule has 0 saturated carbocycles. The molecule has 1 aromatic rings. The van der Waals surface area contributed by atoms with Crippen molar-refractivity contribution in [1.29, 1.82) is 0 Å². The van der Waals surface area contributed by atoms with E-state index in [1.165, 1.54) is 4.90 Å². The van der Waals surface area contributed by atoms with E-state index < -0.39 is 0 Å². The van der Waals surface area contributed by atoms with Gasteiger partial charge in [-0.25, -0.2) is 0 Å². The Kier molecular flexibility index (Phi) is 4.62. The summed E-state index contributed by atoms with van der Waals surface area (Å²) >= 11 is 0. The molecule has 1 aliphatic rings. The molecule has 1 atom stereocenters. The van der Waals surface area contributed by atoms with Crippen LogP contribution in [-0.2, 0) is 9.59 Å². The fourth-order valence-corrected chi connectivity index (χ4v) is 2.68. The van der Waals surface area contributed by atoms with E-state index in [4.69, 9.17) is 4.52 Å². The van der Waals surface area contributed by atoms with E-state index in [1.807, 2.05) is 6.92 Å². The second-order valence-corrected chi connectivity index (χ2v) is 5.59. The molecule has 7 heteroatoms. The van der Waals surface area contributed by atoms with Crippen LogP contribution in [0.3, 0.4) is 0 Å². The Bertz CT molecular complexity index is 520. The first-order chi connectivity index (χ1) is 9.97. The summed E-state index contributed by atoms with van der Waals surface area (Å²) in [5.74, 6) is 0.723. The number of rotatable bonds is 5. The molecule has 2 heterocycles. The summed E-state index contributed by atoms with van der Waals surface area (Å²) < 4.78 is 4.88. The van der Waals surface area contributed by atoms with Gasteiger partial charge in [0.2, 0.25) is 11.8 Å². The molecule has 2 amide bonds. The monoisotopic (exact) mass is 294 g/mol. The van der Waals surface area contributed by atoms with Gasteiger partial charge in [0.15, 0.2) is 5.82 Å². The minimum atomic E-state index is -0.375. The lowest BCUT2D eigenvalue weighted by Crippen LogP contribution is -2.45. The summed E-state index contributed by atoms with van der Waals surface area (Å²) in [5.41, 5.74) is -0.375. The van der Waals surface area contributed by atoms with Crippen molar-refractivity contribution in [2.75, 3.05) is 32.0 Å². The lowest BCUT2D eigenvalue weighted by atomic mass is 9.83. The van der Waals surface area contributed by atoms with Crippen LogP contribution in [0, 0.1) is 12.3 Å². The van der Waals surface area contributed by atoms with Crippen molar-refractivity contribution < 1.29 is 14.1 Å². The van der Waals surface area contributed by atoms with E-state index >= 15 is 0 Å². The zero-order chi connectivity index (χ0) is 15.5. The van der Waals surface area contributed by atoms with Crippen LogP contribution in [0.2, 0.25) is 0 Å². The Labute approximate surface area is 124 Å². The van der Waals surface area contributed by atoms with Gasteiger partial charge in [0.05, 0.1) is 12.0 Å². The van der Waals surface area contributed by atoms with E-state index in [0.29, 0.717) is 18.1 Å². The smallest absolute Gasteiger partial charge is 0.245 e. The maximum Gasteiger partial charge on any atom is 0.245 e. The average Bonchev–Trinajstić information content (AvgIpc) is 3.07. The first-order valence-electron chi connectivity index (χ1n) is 7.16. The zero-order valence-electron chi connectivity index (χ0n) is 12.7.